The van der Waals surface area contributed by atoms with Crippen LogP contribution in [-0.2, 0) is 0 Å². The fourth-order valence-corrected chi connectivity index (χ4v) is 2.81. The predicted octanol–water partition coefficient (Wildman–Crippen LogP) is 2.55. The molecule has 2 atom stereocenters. The minimum Gasteiger partial charge on any atom is -0.393 e. The Hall–Kier alpha value is -0.0800. The molecule has 90 valence electrons. The van der Waals surface area contributed by atoms with E-state index in [1.807, 2.05) is 0 Å². The Morgan fingerprint density at radius 3 is 2.27 bits per heavy atom. The third-order valence-electron chi connectivity index (χ3n) is 3.92. The second-order valence-corrected chi connectivity index (χ2v) is 5.45. The van der Waals surface area contributed by atoms with Gasteiger partial charge in [-0.2, -0.15) is 0 Å². The van der Waals surface area contributed by atoms with E-state index in [0.717, 1.165) is 12.3 Å². The van der Waals surface area contributed by atoms with Gasteiger partial charge < -0.3 is 10.8 Å². The molecule has 1 aliphatic carbocycles. The zero-order chi connectivity index (χ0) is 11.3. The molecule has 2 heteroatoms. The smallest absolute Gasteiger partial charge is 0.0585 e. The minimum atomic E-state index is -0.182. The number of hydrogen-bond acceptors (Lipinski definition) is 2. The normalized spacial score (nSPS) is 23.0. The van der Waals surface area contributed by atoms with Crippen LogP contribution in [0.1, 0.15) is 52.4 Å². The van der Waals surface area contributed by atoms with E-state index in [1.54, 1.807) is 0 Å². The highest BCUT2D eigenvalue weighted by atomic mass is 16.3. The lowest BCUT2D eigenvalue weighted by atomic mass is 9.80. The SMILES string of the molecule is CC(C)C(CN)C(O)CC1CCCCC1. The summed E-state index contributed by atoms with van der Waals surface area (Å²) < 4.78 is 0. The first-order valence-electron chi connectivity index (χ1n) is 6.53. The van der Waals surface area contributed by atoms with Gasteiger partial charge >= 0.3 is 0 Å². The molecule has 0 spiro atoms. The van der Waals surface area contributed by atoms with Gasteiger partial charge in [0.15, 0.2) is 0 Å². The Bertz CT molecular complexity index is 164. The van der Waals surface area contributed by atoms with E-state index in [2.05, 4.69) is 13.8 Å². The molecule has 0 aromatic rings. The highest BCUT2D eigenvalue weighted by molar-refractivity contribution is 4.77. The quantitative estimate of drug-likeness (QED) is 0.737. The van der Waals surface area contributed by atoms with Crippen molar-refractivity contribution in [2.45, 2.75) is 58.5 Å². The van der Waals surface area contributed by atoms with Crippen LogP contribution in [0.15, 0.2) is 0 Å². The van der Waals surface area contributed by atoms with Gasteiger partial charge in [0.2, 0.25) is 0 Å². The molecule has 0 heterocycles. The first-order chi connectivity index (χ1) is 7.15. The van der Waals surface area contributed by atoms with E-state index < -0.39 is 0 Å². The first kappa shape index (κ1) is 13.0. The molecule has 0 bridgehead atoms. The maximum atomic E-state index is 10.2. The van der Waals surface area contributed by atoms with E-state index in [0.29, 0.717) is 12.5 Å². The molecule has 1 aliphatic rings. The molecule has 0 aromatic heterocycles. The largest absolute Gasteiger partial charge is 0.393 e. The molecule has 1 saturated carbocycles. The van der Waals surface area contributed by atoms with Gasteiger partial charge in [-0.1, -0.05) is 46.0 Å². The monoisotopic (exact) mass is 213 g/mol. The van der Waals surface area contributed by atoms with Crippen molar-refractivity contribution < 1.29 is 5.11 Å². The van der Waals surface area contributed by atoms with Crippen LogP contribution in [0.25, 0.3) is 0 Å². The summed E-state index contributed by atoms with van der Waals surface area (Å²) in [6.07, 6.45) is 7.51. The highest BCUT2D eigenvalue weighted by Crippen LogP contribution is 2.30. The molecule has 1 fully saturated rings. The first-order valence-corrected chi connectivity index (χ1v) is 6.53. The fourth-order valence-electron chi connectivity index (χ4n) is 2.81. The van der Waals surface area contributed by atoms with Crippen molar-refractivity contribution in [2.75, 3.05) is 6.54 Å². The van der Waals surface area contributed by atoms with Gasteiger partial charge in [0.05, 0.1) is 6.10 Å². The van der Waals surface area contributed by atoms with Crippen LogP contribution in [-0.4, -0.2) is 17.8 Å². The lowest BCUT2D eigenvalue weighted by molar-refractivity contribution is 0.0569. The lowest BCUT2D eigenvalue weighted by Crippen LogP contribution is -2.33. The fraction of sp³-hybridized carbons (Fsp3) is 1.00. The van der Waals surface area contributed by atoms with Crippen molar-refractivity contribution >= 4 is 0 Å². The summed E-state index contributed by atoms with van der Waals surface area (Å²) in [6, 6.07) is 0. The second kappa shape index (κ2) is 6.49. The molecule has 1 rings (SSSR count). The average molecular weight is 213 g/mol. The Morgan fingerprint density at radius 1 is 1.20 bits per heavy atom. The van der Waals surface area contributed by atoms with Crippen LogP contribution in [0.4, 0.5) is 0 Å². The van der Waals surface area contributed by atoms with Gasteiger partial charge in [0.1, 0.15) is 0 Å². The maximum absolute atomic E-state index is 10.2. The van der Waals surface area contributed by atoms with Gasteiger partial charge in [-0.25, -0.2) is 0 Å². The van der Waals surface area contributed by atoms with Gasteiger partial charge in [-0.15, -0.1) is 0 Å². The molecule has 0 aliphatic heterocycles. The third-order valence-corrected chi connectivity index (χ3v) is 3.92. The molecular formula is C13H27NO. The van der Waals surface area contributed by atoms with E-state index in [1.165, 1.54) is 32.1 Å². The van der Waals surface area contributed by atoms with Crippen molar-refractivity contribution in [2.24, 2.45) is 23.5 Å². The van der Waals surface area contributed by atoms with Crippen LogP contribution < -0.4 is 5.73 Å². The van der Waals surface area contributed by atoms with E-state index >= 15 is 0 Å². The Morgan fingerprint density at radius 2 is 1.80 bits per heavy atom. The van der Waals surface area contributed by atoms with Crippen molar-refractivity contribution in [3.8, 4) is 0 Å². The summed E-state index contributed by atoms with van der Waals surface area (Å²) in [5.41, 5.74) is 5.72. The number of aliphatic hydroxyl groups is 1. The van der Waals surface area contributed by atoms with E-state index in [-0.39, 0.29) is 12.0 Å². The third kappa shape index (κ3) is 4.12. The van der Waals surface area contributed by atoms with Crippen molar-refractivity contribution in [1.29, 1.82) is 0 Å². The van der Waals surface area contributed by atoms with Crippen LogP contribution >= 0.6 is 0 Å². The second-order valence-electron chi connectivity index (χ2n) is 5.45. The molecule has 15 heavy (non-hydrogen) atoms. The number of hydrogen-bond donors (Lipinski definition) is 2. The van der Waals surface area contributed by atoms with Gasteiger partial charge in [-0.3, -0.25) is 0 Å². The van der Waals surface area contributed by atoms with Crippen LogP contribution in [0, 0.1) is 17.8 Å². The summed E-state index contributed by atoms with van der Waals surface area (Å²) in [4.78, 5) is 0. The van der Waals surface area contributed by atoms with Gasteiger partial charge in [0, 0.05) is 0 Å². The molecule has 3 N–H and O–H groups in total. The number of aliphatic hydroxyl groups excluding tert-OH is 1. The topological polar surface area (TPSA) is 46.2 Å². The summed E-state index contributed by atoms with van der Waals surface area (Å²) in [6.45, 7) is 4.93. The zero-order valence-corrected chi connectivity index (χ0v) is 10.3. The maximum Gasteiger partial charge on any atom is 0.0585 e. The van der Waals surface area contributed by atoms with Gasteiger partial charge in [-0.05, 0) is 30.7 Å². The summed E-state index contributed by atoms with van der Waals surface area (Å²) >= 11 is 0. The Balaban J connectivity index is 2.34. The molecule has 2 nitrogen and oxygen atoms in total. The zero-order valence-electron chi connectivity index (χ0n) is 10.3. The van der Waals surface area contributed by atoms with Crippen LogP contribution in [0.2, 0.25) is 0 Å². The molecule has 0 amide bonds. The Labute approximate surface area is 94.2 Å². The molecular weight excluding hydrogens is 186 g/mol. The van der Waals surface area contributed by atoms with Crippen LogP contribution in [0.3, 0.4) is 0 Å². The Kier molecular flexibility index (Phi) is 5.62. The van der Waals surface area contributed by atoms with E-state index in [9.17, 15) is 5.11 Å². The van der Waals surface area contributed by atoms with Crippen LogP contribution in [0.5, 0.6) is 0 Å². The van der Waals surface area contributed by atoms with Crippen molar-refractivity contribution in [3.63, 3.8) is 0 Å². The molecule has 0 radical (unpaired) electrons. The average Bonchev–Trinajstić information content (AvgIpc) is 2.19. The summed E-state index contributed by atoms with van der Waals surface area (Å²) in [5.74, 6) is 1.53. The van der Waals surface area contributed by atoms with E-state index in [4.69, 9.17) is 5.73 Å². The molecule has 0 saturated heterocycles. The molecule has 0 aromatic carbocycles. The predicted molar refractivity (Wildman–Crippen MR) is 64.6 cm³/mol. The summed E-state index contributed by atoms with van der Waals surface area (Å²) in [5, 5.41) is 10.2. The highest BCUT2D eigenvalue weighted by Gasteiger charge is 2.25. The number of rotatable bonds is 5. The van der Waals surface area contributed by atoms with Crippen molar-refractivity contribution in [1.82, 2.24) is 0 Å². The standard InChI is InChI=1S/C13H27NO/c1-10(2)12(9-14)13(15)8-11-6-4-3-5-7-11/h10-13,15H,3-9,14H2,1-2H3. The minimum absolute atomic E-state index is 0.182. The molecule has 2 unspecified atom stereocenters. The van der Waals surface area contributed by atoms with Gasteiger partial charge in [0.25, 0.3) is 0 Å². The van der Waals surface area contributed by atoms with Crippen molar-refractivity contribution in [3.05, 3.63) is 0 Å². The number of nitrogens with two attached hydrogens (primary N) is 1. The summed E-state index contributed by atoms with van der Waals surface area (Å²) in [7, 11) is 0. The lowest BCUT2D eigenvalue weighted by Gasteiger charge is -2.30.